The molecule has 2 aromatic carbocycles. The number of halogens is 1. The fourth-order valence-corrected chi connectivity index (χ4v) is 3.29. The number of nitrogens with zero attached hydrogens (tertiary/aromatic N) is 1. The van der Waals surface area contributed by atoms with Crippen LogP contribution in [0.5, 0.6) is 0 Å². The van der Waals surface area contributed by atoms with Gasteiger partial charge in [0.25, 0.3) is 0 Å². The fraction of sp³-hybridized carbons (Fsp3) is 0.133. The maximum Gasteiger partial charge on any atom is 0.241 e. The molecule has 4 nitrogen and oxygen atoms in total. The van der Waals surface area contributed by atoms with Crippen LogP contribution >= 0.6 is 11.6 Å². The number of sulfonamides is 1. The lowest BCUT2D eigenvalue weighted by Crippen LogP contribution is -2.26. The van der Waals surface area contributed by atoms with Gasteiger partial charge in [0.05, 0.1) is 10.5 Å². The van der Waals surface area contributed by atoms with Crippen LogP contribution < -0.4 is 4.72 Å². The first-order valence-corrected chi connectivity index (χ1v) is 8.12. The minimum atomic E-state index is -3.69. The molecule has 0 saturated carbocycles. The summed E-state index contributed by atoms with van der Waals surface area (Å²) in [5, 5.41) is 9.57. The van der Waals surface area contributed by atoms with Gasteiger partial charge < -0.3 is 0 Å². The summed E-state index contributed by atoms with van der Waals surface area (Å²) in [6, 6.07) is 15.2. The number of rotatable bonds is 5. The van der Waals surface area contributed by atoms with Crippen molar-refractivity contribution in [2.24, 2.45) is 0 Å². The molecular formula is C15H13ClN2O2S. The zero-order valence-electron chi connectivity index (χ0n) is 11.1. The molecule has 0 saturated heterocycles. The SMILES string of the molecule is N#Cc1ccccc1S(=O)(=O)NCCc1cccc(Cl)c1. The van der Waals surface area contributed by atoms with Gasteiger partial charge in [-0.05, 0) is 36.2 Å². The summed E-state index contributed by atoms with van der Waals surface area (Å²) in [5.41, 5.74) is 1.08. The van der Waals surface area contributed by atoms with Gasteiger partial charge in [-0.2, -0.15) is 5.26 Å². The lowest BCUT2D eigenvalue weighted by molar-refractivity contribution is 0.581. The van der Waals surface area contributed by atoms with E-state index in [1.54, 1.807) is 24.3 Å². The first kappa shape index (κ1) is 15.5. The van der Waals surface area contributed by atoms with E-state index in [0.717, 1.165) is 5.56 Å². The van der Waals surface area contributed by atoms with Gasteiger partial charge in [0.15, 0.2) is 0 Å². The minimum absolute atomic E-state index is 0.00130. The first-order valence-electron chi connectivity index (χ1n) is 6.26. The molecule has 21 heavy (non-hydrogen) atoms. The molecule has 2 aromatic rings. The van der Waals surface area contributed by atoms with Gasteiger partial charge >= 0.3 is 0 Å². The van der Waals surface area contributed by atoms with Crippen LogP contribution in [0.1, 0.15) is 11.1 Å². The summed E-state index contributed by atoms with van der Waals surface area (Å²) in [4.78, 5) is -0.00130. The van der Waals surface area contributed by atoms with E-state index in [2.05, 4.69) is 4.72 Å². The van der Waals surface area contributed by atoms with Gasteiger partial charge in [-0.25, -0.2) is 13.1 Å². The van der Waals surface area contributed by atoms with E-state index in [-0.39, 0.29) is 17.0 Å². The highest BCUT2D eigenvalue weighted by molar-refractivity contribution is 7.89. The topological polar surface area (TPSA) is 70.0 Å². The summed E-state index contributed by atoms with van der Waals surface area (Å²) in [5.74, 6) is 0. The van der Waals surface area contributed by atoms with Crippen LogP contribution in [0.3, 0.4) is 0 Å². The van der Waals surface area contributed by atoms with Crippen molar-refractivity contribution < 1.29 is 8.42 Å². The first-order chi connectivity index (χ1) is 10.0. The molecule has 0 heterocycles. The van der Waals surface area contributed by atoms with Gasteiger partial charge in [-0.1, -0.05) is 35.9 Å². The zero-order chi connectivity index (χ0) is 15.3. The molecule has 0 aliphatic rings. The van der Waals surface area contributed by atoms with Crippen LogP contribution in [0.15, 0.2) is 53.4 Å². The third kappa shape index (κ3) is 4.05. The summed E-state index contributed by atoms with van der Waals surface area (Å²) in [7, 11) is -3.69. The van der Waals surface area contributed by atoms with E-state index in [4.69, 9.17) is 16.9 Å². The third-order valence-corrected chi connectivity index (χ3v) is 4.65. The van der Waals surface area contributed by atoms with E-state index >= 15 is 0 Å². The Kier molecular flexibility index (Phi) is 4.97. The molecule has 0 spiro atoms. The average molecular weight is 321 g/mol. The predicted molar refractivity (Wildman–Crippen MR) is 81.5 cm³/mol. The molecule has 0 atom stereocenters. The second-order valence-electron chi connectivity index (χ2n) is 4.39. The third-order valence-electron chi connectivity index (χ3n) is 2.89. The van der Waals surface area contributed by atoms with E-state index in [9.17, 15) is 8.42 Å². The van der Waals surface area contributed by atoms with Crippen LogP contribution in [0.4, 0.5) is 0 Å². The fourth-order valence-electron chi connectivity index (χ4n) is 1.89. The molecule has 0 radical (unpaired) electrons. The second kappa shape index (κ2) is 6.72. The molecular weight excluding hydrogens is 308 g/mol. The smallest absolute Gasteiger partial charge is 0.211 e. The molecule has 1 N–H and O–H groups in total. The highest BCUT2D eigenvalue weighted by Gasteiger charge is 2.17. The summed E-state index contributed by atoms with van der Waals surface area (Å²) in [6.07, 6.45) is 0.522. The van der Waals surface area contributed by atoms with Crippen molar-refractivity contribution in [1.82, 2.24) is 4.72 Å². The van der Waals surface area contributed by atoms with Crippen LogP contribution in [0, 0.1) is 11.3 Å². The van der Waals surface area contributed by atoms with Gasteiger partial charge in [0, 0.05) is 11.6 Å². The largest absolute Gasteiger partial charge is 0.241 e. The Bertz CT molecular complexity index is 782. The van der Waals surface area contributed by atoms with Crippen LogP contribution in [-0.2, 0) is 16.4 Å². The van der Waals surface area contributed by atoms with Crippen molar-refractivity contribution in [3.05, 3.63) is 64.7 Å². The molecule has 6 heteroatoms. The molecule has 0 amide bonds. The van der Waals surface area contributed by atoms with E-state index < -0.39 is 10.0 Å². The van der Waals surface area contributed by atoms with E-state index in [1.165, 1.54) is 12.1 Å². The number of benzene rings is 2. The lowest BCUT2D eigenvalue weighted by atomic mass is 10.2. The molecule has 0 aliphatic carbocycles. The Labute approximate surface area is 129 Å². The number of nitriles is 1. The standard InChI is InChI=1S/C15H13ClN2O2S/c16-14-6-3-4-12(10-14)8-9-18-21(19,20)15-7-2-1-5-13(15)11-17/h1-7,10,18H,8-9H2. The van der Waals surface area contributed by atoms with Crippen molar-refractivity contribution in [2.45, 2.75) is 11.3 Å². The van der Waals surface area contributed by atoms with E-state index in [0.29, 0.717) is 11.4 Å². The second-order valence-corrected chi connectivity index (χ2v) is 6.56. The Morgan fingerprint density at radius 1 is 1.14 bits per heavy atom. The summed E-state index contributed by atoms with van der Waals surface area (Å²) in [6.45, 7) is 0.239. The number of hydrogen-bond acceptors (Lipinski definition) is 3. The number of nitrogens with one attached hydrogen (secondary N) is 1. The molecule has 108 valence electrons. The quantitative estimate of drug-likeness (QED) is 0.921. The zero-order valence-corrected chi connectivity index (χ0v) is 12.7. The van der Waals surface area contributed by atoms with Crippen molar-refractivity contribution in [3.63, 3.8) is 0 Å². The van der Waals surface area contributed by atoms with Crippen LogP contribution in [-0.4, -0.2) is 15.0 Å². The van der Waals surface area contributed by atoms with Gasteiger partial charge in [0.2, 0.25) is 10.0 Å². The van der Waals surface area contributed by atoms with Crippen LogP contribution in [0.25, 0.3) is 0 Å². The predicted octanol–water partition coefficient (Wildman–Crippen LogP) is 2.73. The molecule has 0 aromatic heterocycles. The summed E-state index contributed by atoms with van der Waals surface area (Å²) < 4.78 is 26.9. The van der Waals surface area contributed by atoms with E-state index in [1.807, 2.05) is 18.2 Å². The normalized spacial score (nSPS) is 11.0. The van der Waals surface area contributed by atoms with Crippen LogP contribution in [0.2, 0.25) is 5.02 Å². The average Bonchev–Trinajstić information content (AvgIpc) is 2.47. The Hall–Kier alpha value is -1.87. The van der Waals surface area contributed by atoms with Gasteiger partial charge in [-0.3, -0.25) is 0 Å². The van der Waals surface area contributed by atoms with Gasteiger partial charge in [-0.15, -0.1) is 0 Å². The molecule has 0 bridgehead atoms. The maximum atomic E-state index is 12.2. The molecule has 2 rings (SSSR count). The van der Waals surface area contributed by atoms with Crippen molar-refractivity contribution in [2.75, 3.05) is 6.54 Å². The highest BCUT2D eigenvalue weighted by atomic mass is 35.5. The highest BCUT2D eigenvalue weighted by Crippen LogP contribution is 2.14. The Morgan fingerprint density at radius 2 is 1.90 bits per heavy atom. The molecule has 0 aliphatic heterocycles. The Balaban J connectivity index is 2.07. The van der Waals surface area contributed by atoms with Crippen molar-refractivity contribution >= 4 is 21.6 Å². The molecule has 0 unspecified atom stereocenters. The Morgan fingerprint density at radius 3 is 2.62 bits per heavy atom. The summed E-state index contributed by atoms with van der Waals surface area (Å²) >= 11 is 5.87. The lowest BCUT2D eigenvalue weighted by Gasteiger charge is -2.08. The minimum Gasteiger partial charge on any atom is -0.211 e. The number of hydrogen-bond donors (Lipinski definition) is 1. The van der Waals surface area contributed by atoms with Gasteiger partial charge in [0.1, 0.15) is 6.07 Å². The van der Waals surface area contributed by atoms with Crippen molar-refractivity contribution in [3.8, 4) is 6.07 Å². The monoisotopic (exact) mass is 320 g/mol. The molecule has 0 fully saturated rings. The maximum absolute atomic E-state index is 12.2. The van der Waals surface area contributed by atoms with Crippen molar-refractivity contribution in [1.29, 1.82) is 5.26 Å².